The summed E-state index contributed by atoms with van der Waals surface area (Å²) in [6.07, 6.45) is 1.45. The predicted octanol–water partition coefficient (Wildman–Crippen LogP) is 2.90. The highest BCUT2D eigenvalue weighted by molar-refractivity contribution is 5.98. The summed E-state index contributed by atoms with van der Waals surface area (Å²) in [5.74, 6) is -0.294. The second kappa shape index (κ2) is 9.00. The minimum absolute atomic E-state index is 0.00417. The van der Waals surface area contributed by atoms with Crippen molar-refractivity contribution in [3.8, 4) is 0 Å². The van der Waals surface area contributed by atoms with Gasteiger partial charge in [-0.3, -0.25) is 9.59 Å². The summed E-state index contributed by atoms with van der Waals surface area (Å²) in [5.41, 5.74) is 1.94. The van der Waals surface area contributed by atoms with Gasteiger partial charge >= 0.3 is 0 Å². The number of piperidine rings is 1. The molecular formula is C25H27FN2O4. The van der Waals surface area contributed by atoms with Crippen LogP contribution >= 0.6 is 0 Å². The number of piperazine rings is 1. The third-order valence-corrected chi connectivity index (χ3v) is 6.71. The van der Waals surface area contributed by atoms with Crippen LogP contribution in [0.5, 0.6) is 0 Å². The standard InChI is InChI=1S/C25H27FN2O4/c26-19-8-6-18(7-9-19)15-31-20-10-12-27-21(14-20)24(29)28-13-11-22(23(28)25(27)30)32-16-17-4-2-1-3-5-17/h1-9,20-23H,10-16H2. The number of rotatable bonds is 6. The Labute approximate surface area is 186 Å². The number of amides is 2. The number of ether oxygens (including phenoxy) is 2. The molecular weight excluding hydrogens is 411 g/mol. The maximum Gasteiger partial charge on any atom is 0.248 e. The van der Waals surface area contributed by atoms with Crippen LogP contribution in [0.15, 0.2) is 54.6 Å². The molecule has 4 unspecified atom stereocenters. The van der Waals surface area contributed by atoms with Crippen LogP contribution in [0, 0.1) is 5.82 Å². The van der Waals surface area contributed by atoms with E-state index < -0.39 is 12.1 Å². The van der Waals surface area contributed by atoms with E-state index >= 15 is 0 Å². The van der Waals surface area contributed by atoms with Crippen LogP contribution in [0.1, 0.15) is 30.4 Å². The van der Waals surface area contributed by atoms with E-state index in [1.54, 1.807) is 21.9 Å². The number of carbonyl (C=O) groups is 2. The van der Waals surface area contributed by atoms with Crippen molar-refractivity contribution in [1.82, 2.24) is 9.80 Å². The van der Waals surface area contributed by atoms with Gasteiger partial charge in [-0.25, -0.2) is 4.39 Å². The Hall–Kier alpha value is -2.77. The fourth-order valence-electron chi connectivity index (χ4n) is 4.99. The van der Waals surface area contributed by atoms with Crippen molar-refractivity contribution >= 4 is 11.8 Å². The molecule has 5 rings (SSSR count). The van der Waals surface area contributed by atoms with Crippen molar-refractivity contribution in [2.75, 3.05) is 13.1 Å². The lowest BCUT2D eigenvalue weighted by molar-refractivity contribution is -0.169. The molecule has 2 aromatic carbocycles. The molecule has 3 saturated heterocycles. The molecule has 4 atom stereocenters. The highest BCUT2D eigenvalue weighted by Gasteiger charge is 2.53. The quantitative estimate of drug-likeness (QED) is 0.696. The highest BCUT2D eigenvalue weighted by atomic mass is 19.1. The van der Waals surface area contributed by atoms with E-state index in [0.29, 0.717) is 45.6 Å². The van der Waals surface area contributed by atoms with Gasteiger partial charge in [0.15, 0.2) is 0 Å². The van der Waals surface area contributed by atoms with Crippen LogP contribution in [-0.2, 0) is 32.3 Å². The Balaban J connectivity index is 1.21. The molecule has 6 nitrogen and oxygen atoms in total. The predicted molar refractivity (Wildman–Crippen MR) is 115 cm³/mol. The smallest absolute Gasteiger partial charge is 0.248 e. The molecule has 3 heterocycles. The minimum Gasteiger partial charge on any atom is -0.373 e. The number of halogens is 1. The first-order valence-electron chi connectivity index (χ1n) is 11.2. The molecule has 0 aliphatic carbocycles. The van der Waals surface area contributed by atoms with Crippen molar-refractivity contribution in [3.05, 3.63) is 71.5 Å². The maximum atomic E-state index is 13.3. The largest absolute Gasteiger partial charge is 0.373 e. The first kappa shape index (κ1) is 21.1. The molecule has 0 spiro atoms. The summed E-state index contributed by atoms with van der Waals surface area (Å²) in [6, 6.07) is 15.1. The number of hydrogen-bond acceptors (Lipinski definition) is 4. The average molecular weight is 438 g/mol. The zero-order valence-electron chi connectivity index (χ0n) is 17.9. The van der Waals surface area contributed by atoms with Crippen LogP contribution in [-0.4, -0.2) is 59.0 Å². The van der Waals surface area contributed by atoms with Crippen molar-refractivity contribution in [2.45, 2.75) is 56.8 Å². The van der Waals surface area contributed by atoms with E-state index in [4.69, 9.17) is 9.47 Å². The third kappa shape index (κ3) is 4.14. The molecule has 168 valence electrons. The van der Waals surface area contributed by atoms with Gasteiger partial charge in [0.05, 0.1) is 25.4 Å². The molecule has 0 radical (unpaired) electrons. The third-order valence-electron chi connectivity index (χ3n) is 6.71. The molecule has 0 bridgehead atoms. The summed E-state index contributed by atoms with van der Waals surface area (Å²) in [6.45, 7) is 1.83. The fourth-order valence-corrected chi connectivity index (χ4v) is 4.99. The summed E-state index contributed by atoms with van der Waals surface area (Å²) in [4.78, 5) is 30.0. The molecule has 3 fully saturated rings. The Morgan fingerprint density at radius 1 is 0.812 bits per heavy atom. The summed E-state index contributed by atoms with van der Waals surface area (Å²) >= 11 is 0. The summed E-state index contributed by atoms with van der Waals surface area (Å²) in [5, 5.41) is 0. The Kier molecular flexibility index (Phi) is 5.93. The van der Waals surface area contributed by atoms with Crippen molar-refractivity contribution in [2.24, 2.45) is 0 Å². The van der Waals surface area contributed by atoms with Gasteiger partial charge in [0.2, 0.25) is 11.8 Å². The van der Waals surface area contributed by atoms with Gasteiger partial charge in [0, 0.05) is 19.5 Å². The summed E-state index contributed by atoms with van der Waals surface area (Å²) < 4.78 is 25.2. The first-order chi connectivity index (χ1) is 15.6. The number of fused-ring (bicyclic) bond motifs is 2. The van der Waals surface area contributed by atoms with E-state index in [0.717, 1.165) is 11.1 Å². The van der Waals surface area contributed by atoms with E-state index in [9.17, 15) is 14.0 Å². The van der Waals surface area contributed by atoms with E-state index in [-0.39, 0.29) is 29.8 Å². The molecule has 7 heteroatoms. The molecule has 3 aliphatic rings. The second-order valence-corrected chi connectivity index (χ2v) is 8.73. The Morgan fingerprint density at radius 2 is 1.50 bits per heavy atom. The van der Waals surface area contributed by atoms with Crippen molar-refractivity contribution < 1.29 is 23.5 Å². The lowest BCUT2D eigenvalue weighted by atomic mass is 9.93. The van der Waals surface area contributed by atoms with Gasteiger partial charge in [0.25, 0.3) is 0 Å². The number of hydrogen-bond donors (Lipinski definition) is 0. The molecule has 2 amide bonds. The zero-order chi connectivity index (χ0) is 22.1. The minimum atomic E-state index is -0.529. The average Bonchev–Trinajstić information content (AvgIpc) is 3.26. The lowest BCUT2D eigenvalue weighted by Crippen LogP contribution is -2.67. The van der Waals surface area contributed by atoms with Gasteiger partial charge in [-0.05, 0) is 36.1 Å². The van der Waals surface area contributed by atoms with E-state index in [1.807, 2.05) is 30.3 Å². The second-order valence-electron chi connectivity index (χ2n) is 8.73. The van der Waals surface area contributed by atoms with Gasteiger partial charge in [-0.2, -0.15) is 0 Å². The van der Waals surface area contributed by atoms with Gasteiger partial charge in [0.1, 0.15) is 17.9 Å². The van der Waals surface area contributed by atoms with Crippen LogP contribution in [0.3, 0.4) is 0 Å². The SMILES string of the molecule is O=C1C2C(OCc3ccccc3)CCN2C(=O)C2CC(OCc3ccc(F)cc3)CCN12. The van der Waals surface area contributed by atoms with Gasteiger partial charge < -0.3 is 19.3 Å². The van der Waals surface area contributed by atoms with Crippen LogP contribution in [0.2, 0.25) is 0 Å². The lowest BCUT2D eigenvalue weighted by Gasteiger charge is -2.47. The number of benzene rings is 2. The molecule has 0 saturated carbocycles. The monoisotopic (exact) mass is 438 g/mol. The van der Waals surface area contributed by atoms with Gasteiger partial charge in [-0.15, -0.1) is 0 Å². The number of carbonyl (C=O) groups excluding carboxylic acids is 2. The topological polar surface area (TPSA) is 59.1 Å². The molecule has 0 aromatic heterocycles. The van der Waals surface area contributed by atoms with Crippen molar-refractivity contribution in [3.63, 3.8) is 0 Å². The molecule has 32 heavy (non-hydrogen) atoms. The molecule has 2 aromatic rings. The zero-order valence-corrected chi connectivity index (χ0v) is 17.9. The van der Waals surface area contributed by atoms with E-state index in [2.05, 4.69) is 0 Å². The maximum absolute atomic E-state index is 13.3. The molecule has 3 aliphatic heterocycles. The first-order valence-corrected chi connectivity index (χ1v) is 11.2. The number of nitrogens with zero attached hydrogens (tertiary/aromatic N) is 2. The van der Waals surface area contributed by atoms with Crippen LogP contribution < -0.4 is 0 Å². The Morgan fingerprint density at radius 3 is 2.28 bits per heavy atom. The highest BCUT2D eigenvalue weighted by Crippen LogP contribution is 2.34. The summed E-state index contributed by atoms with van der Waals surface area (Å²) in [7, 11) is 0. The fraction of sp³-hybridized carbons (Fsp3) is 0.440. The van der Waals surface area contributed by atoms with Crippen LogP contribution in [0.4, 0.5) is 4.39 Å². The van der Waals surface area contributed by atoms with E-state index in [1.165, 1.54) is 12.1 Å². The van der Waals surface area contributed by atoms with Crippen molar-refractivity contribution in [1.29, 1.82) is 0 Å². The van der Waals surface area contributed by atoms with Crippen LogP contribution in [0.25, 0.3) is 0 Å². The Bertz CT molecular complexity index is 968. The molecule has 0 N–H and O–H groups in total. The van der Waals surface area contributed by atoms with Gasteiger partial charge in [-0.1, -0.05) is 42.5 Å². The normalized spacial score (nSPS) is 27.4.